The number of pyridine rings is 1. The highest BCUT2D eigenvalue weighted by Gasteiger charge is 2.23. The lowest BCUT2D eigenvalue weighted by Crippen LogP contribution is -2.29. The Balaban J connectivity index is 1.73. The zero-order valence-corrected chi connectivity index (χ0v) is 14.8. The fourth-order valence-corrected chi connectivity index (χ4v) is 3.82. The van der Waals surface area contributed by atoms with Gasteiger partial charge in [0.15, 0.2) is 0 Å². The van der Waals surface area contributed by atoms with Crippen LogP contribution in [-0.4, -0.2) is 27.4 Å². The lowest BCUT2D eigenvalue weighted by Gasteiger charge is -2.24. The van der Waals surface area contributed by atoms with Gasteiger partial charge in [-0.25, -0.2) is 0 Å². The van der Waals surface area contributed by atoms with Gasteiger partial charge in [-0.05, 0) is 44.0 Å². The van der Waals surface area contributed by atoms with Gasteiger partial charge >= 0.3 is 0 Å². The van der Waals surface area contributed by atoms with Gasteiger partial charge in [0, 0.05) is 60.1 Å². The van der Waals surface area contributed by atoms with E-state index in [0.29, 0.717) is 0 Å². The quantitative estimate of drug-likeness (QED) is 0.686. The molecule has 0 aliphatic carbocycles. The second kappa shape index (κ2) is 6.36. The van der Waals surface area contributed by atoms with Crippen LogP contribution in [-0.2, 0) is 30.7 Å². The van der Waals surface area contributed by atoms with Crippen LogP contribution >= 0.6 is 0 Å². The molecule has 0 saturated heterocycles. The molecule has 1 aliphatic rings. The Bertz CT molecular complexity index is 924. The van der Waals surface area contributed by atoms with Crippen LogP contribution in [0.15, 0.2) is 36.5 Å². The van der Waals surface area contributed by atoms with Crippen molar-refractivity contribution in [3.05, 3.63) is 64.6 Å². The highest BCUT2D eigenvalue weighted by atomic mass is 16.1. The maximum absolute atomic E-state index is 11.2. The third kappa shape index (κ3) is 2.93. The third-order valence-corrected chi connectivity index (χ3v) is 5.18. The first-order valence-corrected chi connectivity index (χ1v) is 8.87. The number of aromatic nitrogens is 2. The number of aryl methyl sites for hydroxylation is 4. The van der Waals surface area contributed by atoms with E-state index in [0.717, 1.165) is 44.6 Å². The Morgan fingerprint density at radius 1 is 1.20 bits per heavy atom. The maximum atomic E-state index is 11.2. The van der Waals surface area contributed by atoms with Gasteiger partial charge in [-0.1, -0.05) is 17.7 Å². The number of fused-ring (bicyclic) bond motifs is 3. The summed E-state index contributed by atoms with van der Waals surface area (Å²) >= 11 is 0. The van der Waals surface area contributed by atoms with Gasteiger partial charge in [-0.15, -0.1) is 0 Å². The van der Waals surface area contributed by atoms with Gasteiger partial charge < -0.3 is 9.47 Å². The van der Waals surface area contributed by atoms with Crippen LogP contribution < -0.4 is 0 Å². The number of carbonyl (C=O) groups is 1. The molecule has 0 fully saturated rings. The van der Waals surface area contributed by atoms with Gasteiger partial charge in [0.25, 0.3) is 0 Å². The molecule has 0 N–H and O–H groups in total. The SMILES string of the molecule is Cc1ccc2c(c1)c1c(n2CCc2ccc(C)nc2)CCN(C=O)C1. The first kappa shape index (κ1) is 15.9. The molecule has 3 aromatic rings. The number of carbonyl (C=O) groups excluding carboxylic acids is 1. The summed E-state index contributed by atoms with van der Waals surface area (Å²) in [6.07, 6.45) is 4.84. The topological polar surface area (TPSA) is 38.1 Å². The van der Waals surface area contributed by atoms with Gasteiger partial charge in [0.05, 0.1) is 0 Å². The number of hydrogen-bond donors (Lipinski definition) is 0. The summed E-state index contributed by atoms with van der Waals surface area (Å²) in [7, 11) is 0. The first-order chi connectivity index (χ1) is 12.2. The van der Waals surface area contributed by atoms with Crippen molar-refractivity contribution in [3.8, 4) is 0 Å². The second-order valence-corrected chi connectivity index (χ2v) is 6.98. The Morgan fingerprint density at radius 2 is 2.08 bits per heavy atom. The van der Waals surface area contributed by atoms with Crippen LogP contribution in [0.5, 0.6) is 0 Å². The fraction of sp³-hybridized carbons (Fsp3) is 0.333. The third-order valence-electron chi connectivity index (χ3n) is 5.18. The van der Waals surface area contributed by atoms with Crippen molar-refractivity contribution in [2.45, 2.75) is 39.8 Å². The lowest BCUT2D eigenvalue weighted by atomic mass is 10.0. The molecule has 0 spiro atoms. The normalized spacial score (nSPS) is 13.9. The molecule has 0 unspecified atom stereocenters. The minimum atomic E-state index is 0.720. The monoisotopic (exact) mass is 333 g/mol. The highest BCUT2D eigenvalue weighted by molar-refractivity contribution is 5.86. The number of nitrogens with zero attached hydrogens (tertiary/aromatic N) is 3. The molecule has 4 rings (SSSR count). The molecule has 4 heteroatoms. The summed E-state index contributed by atoms with van der Waals surface area (Å²) in [6, 6.07) is 10.9. The Morgan fingerprint density at radius 3 is 2.84 bits per heavy atom. The van der Waals surface area contributed by atoms with Crippen LogP contribution in [0.2, 0.25) is 0 Å². The summed E-state index contributed by atoms with van der Waals surface area (Å²) in [5, 5.41) is 1.29. The predicted molar refractivity (Wildman–Crippen MR) is 99.5 cm³/mol. The fourth-order valence-electron chi connectivity index (χ4n) is 3.82. The summed E-state index contributed by atoms with van der Waals surface area (Å²) in [4.78, 5) is 17.5. The first-order valence-electron chi connectivity index (χ1n) is 8.87. The molecule has 1 aliphatic heterocycles. The second-order valence-electron chi connectivity index (χ2n) is 6.98. The average molecular weight is 333 g/mol. The molecular weight excluding hydrogens is 310 g/mol. The van der Waals surface area contributed by atoms with E-state index in [-0.39, 0.29) is 0 Å². The largest absolute Gasteiger partial charge is 0.344 e. The number of amides is 1. The van der Waals surface area contributed by atoms with E-state index in [1.165, 1.54) is 33.3 Å². The molecule has 0 bridgehead atoms. The zero-order valence-electron chi connectivity index (χ0n) is 14.8. The Kier molecular flexibility index (Phi) is 4.04. The van der Waals surface area contributed by atoms with Gasteiger partial charge in [0.2, 0.25) is 6.41 Å². The molecule has 2 aromatic heterocycles. The molecule has 0 radical (unpaired) electrons. The molecule has 0 atom stereocenters. The van der Waals surface area contributed by atoms with Crippen molar-refractivity contribution in [2.24, 2.45) is 0 Å². The van der Waals surface area contributed by atoms with E-state index in [2.05, 4.69) is 46.8 Å². The molecule has 25 heavy (non-hydrogen) atoms. The van der Waals surface area contributed by atoms with Crippen LogP contribution in [0.3, 0.4) is 0 Å². The van der Waals surface area contributed by atoms with E-state index < -0.39 is 0 Å². The lowest BCUT2D eigenvalue weighted by molar-refractivity contribution is -0.118. The van der Waals surface area contributed by atoms with E-state index in [1.54, 1.807) is 0 Å². The van der Waals surface area contributed by atoms with Crippen LogP contribution in [0, 0.1) is 13.8 Å². The van der Waals surface area contributed by atoms with Crippen molar-refractivity contribution < 1.29 is 4.79 Å². The van der Waals surface area contributed by atoms with E-state index >= 15 is 0 Å². The Hall–Kier alpha value is -2.62. The van der Waals surface area contributed by atoms with Gasteiger partial charge in [0.1, 0.15) is 0 Å². The van der Waals surface area contributed by atoms with Gasteiger partial charge in [-0.2, -0.15) is 0 Å². The minimum absolute atomic E-state index is 0.720. The van der Waals surface area contributed by atoms with E-state index in [4.69, 9.17) is 0 Å². The van der Waals surface area contributed by atoms with E-state index in [1.807, 2.05) is 18.0 Å². The summed E-state index contributed by atoms with van der Waals surface area (Å²) in [5.74, 6) is 0. The number of rotatable bonds is 4. The predicted octanol–water partition coefficient (Wildman–Crippen LogP) is 3.41. The molecule has 128 valence electrons. The smallest absolute Gasteiger partial charge is 0.210 e. The van der Waals surface area contributed by atoms with Crippen molar-refractivity contribution in [2.75, 3.05) is 6.54 Å². The molecular formula is C21H23N3O. The molecule has 3 heterocycles. The zero-order chi connectivity index (χ0) is 17.4. The molecule has 0 saturated carbocycles. The van der Waals surface area contributed by atoms with Crippen molar-refractivity contribution in [1.29, 1.82) is 0 Å². The number of benzene rings is 1. The van der Waals surface area contributed by atoms with Crippen molar-refractivity contribution in [3.63, 3.8) is 0 Å². The maximum Gasteiger partial charge on any atom is 0.210 e. The standard InChI is InChI=1S/C21H23N3O/c1-15-3-6-20-18(11-15)19-13-23(14-25)9-8-21(19)24(20)10-7-17-5-4-16(2)22-12-17/h3-6,11-12,14H,7-10,13H2,1-2H3. The highest BCUT2D eigenvalue weighted by Crippen LogP contribution is 2.31. The van der Waals surface area contributed by atoms with Crippen LogP contribution in [0.25, 0.3) is 10.9 Å². The Labute approximate surface area is 148 Å². The molecule has 1 aromatic carbocycles. The minimum Gasteiger partial charge on any atom is -0.344 e. The molecule has 1 amide bonds. The average Bonchev–Trinajstić information content (AvgIpc) is 2.93. The summed E-state index contributed by atoms with van der Waals surface area (Å²) in [6.45, 7) is 6.61. The van der Waals surface area contributed by atoms with Crippen LogP contribution in [0.4, 0.5) is 0 Å². The van der Waals surface area contributed by atoms with Crippen molar-refractivity contribution in [1.82, 2.24) is 14.5 Å². The summed E-state index contributed by atoms with van der Waals surface area (Å²) in [5.41, 5.74) is 7.57. The van der Waals surface area contributed by atoms with Crippen LogP contribution in [0.1, 0.15) is 28.1 Å². The molecule has 4 nitrogen and oxygen atoms in total. The van der Waals surface area contributed by atoms with Crippen molar-refractivity contribution >= 4 is 17.3 Å². The summed E-state index contributed by atoms with van der Waals surface area (Å²) < 4.78 is 2.45. The number of hydrogen-bond acceptors (Lipinski definition) is 2. The van der Waals surface area contributed by atoms with Gasteiger partial charge in [-0.3, -0.25) is 9.78 Å². The van der Waals surface area contributed by atoms with E-state index in [9.17, 15) is 4.79 Å².